The molecule has 0 saturated carbocycles. The van der Waals surface area contributed by atoms with Gasteiger partial charge in [0.15, 0.2) is 5.96 Å². The van der Waals surface area contributed by atoms with Gasteiger partial charge in [-0.05, 0) is 38.0 Å². The first kappa shape index (κ1) is 24.2. The summed E-state index contributed by atoms with van der Waals surface area (Å²) in [4.78, 5) is 6.69. The summed E-state index contributed by atoms with van der Waals surface area (Å²) in [7, 11) is 0. The second-order valence-electron chi connectivity index (χ2n) is 6.96. The highest BCUT2D eigenvalue weighted by Gasteiger charge is 2.26. The van der Waals surface area contributed by atoms with E-state index in [1.807, 2.05) is 43.1 Å². The van der Waals surface area contributed by atoms with Crippen molar-refractivity contribution in [3.63, 3.8) is 0 Å². The Labute approximate surface area is 192 Å². The van der Waals surface area contributed by atoms with E-state index in [1.54, 1.807) is 12.1 Å². The number of alkyl halides is 2. The maximum Gasteiger partial charge on any atom is 0.387 e. The van der Waals surface area contributed by atoms with Crippen LogP contribution in [0.15, 0.2) is 41.7 Å². The Hall–Kier alpha value is -2.11. The molecule has 0 spiro atoms. The largest absolute Gasteiger partial charge is 0.433 e. The van der Waals surface area contributed by atoms with E-state index in [-0.39, 0.29) is 35.8 Å². The van der Waals surface area contributed by atoms with E-state index >= 15 is 0 Å². The number of benzene rings is 1. The van der Waals surface area contributed by atoms with Gasteiger partial charge in [-0.25, -0.2) is 0 Å². The van der Waals surface area contributed by atoms with Gasteiger partial charge in [-0.15, -0.1) is 24.0 Å². The van der Waals surface area contributed by atoms with Crippen molar-refractivity contribution < 1.29 is 13.5 Å². The third-order valence-electron chi connectivity index (χ3n) is 4.66. The lowest BCUT2D eigenvalue weighted by Gasteiger charge is -2.22. The van der Waals surface area contributed by atoms with E-state index < -0.39 is 6.61 Å². The van der Waals surface area contributed by atoms with Gasteiger partial charge in [-0.3, -0.25) is 9.67 Å². The number of hydrogen-bond acceptors (Lipinski definition) is 4. The topological polar surface area (TPSA) is 66.7 Å². The molecule has 1 fully saturated rings. The number of halogens is 3. The number of aryl methyl sites for hydroxylation is 1. The summed E-state index contributed by atoms with van der Waals surface area (Å²) in [5, 5.41) is 11.0. The molecule has 0 aliphatic carbocycles. The highest BCUT2D eigenvalue weighted by molar-refractivity contribution is 14.0. The summed E-state index contributed by atoms with van der Waals surface area (Å²) in [5.74, 6) is 0.957. The third-order valence-corrected chi connectivity index (χ3v) is 4.66. The summed E-state index contributed by atoms with van der Waals surface area (Å²) in [6.45, 7) is 4.71. The molecule has 10 heteroatoms. The van der Waals surface area contributed by atoms with Crippen LogP contribution >= 0.6 is 24.0 Å². The van der Waals surface area contributed by atoms with Crippen LogP contribution in [-0.4, -0.2) is 54.6 Å². The quantitative estimate of drug-likeness (QED) is 0.310. The number of hydrogen-bond donors (Lipinski definition) is 2. The van der Waals surface area contributed by atoms with Crippen LogP contribution < -0.4 is 20.3 Å². The molecular weight excluding hydrogens is 505 g/mol. The molecule has 7 nitrogen and oxygen atoms in total. The molecule has 1 saturated heterocycles. The number of anilines is 1. The lowest BCUT2D eigenvalue weighted by Crippen LogP contribution is -2.44. The Kier molecular flexibility index (Phi) is 9.60. The molecule has 1 aliphatic rings. The summed E-state index contributed by atoms with van der Waals surface area (Å²) in [6.07, 6.45) is 4.70. The van der Waals surface area contributed by atoms with Crippen molar-refractivity contribution in [2.24, 2.45) is 4.99 Å². The number of nitrogens with one attached hydrogen (secondary N) is 2. The van der Waals surface area contributed by atoms with Crippen LogP contribution in [0, 0.1) is 6.92 Å². The fourth-order valence-electron chi connectivity index (χ4n) is 3.38. The van der Waals surface area contributed by atoms with E-state index in [2.05, 4.69) is 30.4 Å². The summed E-state index contributed by atoms with van der Waals surface area (Å²) in [5.41, 5.74) is 1.81. The standard InChI is InChI=1S/C20H28F2N6O.HI/c1-3-23-20(24-9-11-28-13-15(2)12-25-28)26-16-8-10-27(14-16)17-6-4-5-7-18(17)29-19(21)22;/h4-7,12-13,16,19H,3,8-11,14H2,1-2H3,(H2,23,24,26);1H. The minimum Gasteiger partial charge on any atom is -0.433 e. The van der Waals surface area contributed by atoms with Gasteiger partial charge >= 0.3 is 6.61 Å². The fourth-order valence-corrected chi connectivity index (χ4v) is 3.38. The van der Waals surface area contributed by atoms with Gasteiger partial charge in [-0.2, -0.15) is 13.9 Å². The second-order valence-corrected chi connectivity index (χ2v) is 6.96. The van der Waals surface area contributed by atoms with E-state index in [4.69, 9.17) is 0 Å². The normalized spacial score (nSPS) is 16.5. The molecule has 30 heavy (non-hydrogen) atoms. The number of guanidine groups is 1. The zero-order valence-electron chi connectivity index (χ0n) is 17.2. The van der Waals surface area contributed by atoms with Crippen molar-refractivity contribution in [3.8, 4) is 5.75 Å². The molecule has 0 radical (unpaired) electrons. The van der Waals surface area contributed by atoms with Gasteiger partial charge < -0.3 is 20.3 Å². The van der Waals surface area contributed by atoms with Crippen LogP contribution in [0.1, 0.15) is 18.9 Å². The summed E-state index contributed by atoms with van der Waals surface area (Å²) < 4.78 is 31.9. The van der Waals surface area contributed by atoms with Crippen LogP contribution in [-0.2, 0) is 6.54 Å². The fraction of sp³-hybridized carbons (Fsp3) is 0.500. The average molecular weight is 534 g/mol. The van der Waals surface area contributed by atoms with Gasteiger partial charge in [0.1, 0.15) is 5.75 Å². The molecule has 3 rings (SSSR count). The van der Waals surface area contributed by atoms with Crippen LogP contribution in [0.5, 0.6) is 5.75 Å². The molecule has 1 aromatic heterocycles. The summed E-state index contributed by atoms with van der Waals surface area (Å²) in [6, 6.07) is 7.08. The zero-order chi connectivity index (χ0) is 20.6. The maximum atomic E-state index is 12.7. The van der Waals surface area contributed by atoms with E-state index in [9.17, 15) is 8.78 Å². The maximum absolute atomic E-state index is 12.7. The number of ether oxygens (including phenoxy) is 1. The number of aromatic nitrogens is 2. The van der Waals surface area contributed by atoms with Gasteiger partial charge in [-0.1, -0.05) is 12.1 Å². The Morgan fingerprint density at radius 3 is 2.87 bits per heavy atom. The Morgan fingerprint density at radius 2 is 2.17 bits per heavy atom. The van der Waals surface area contributed by atoms with Crippen molar-refractivity contribution in [2.75, 3.05) is 31.1 Å². The van der Waals surface area contributed by atoms with Gasteiger partial charge in [0.05, 0.1) is 25.0 Å². The highest BCUT2D eigenvalue weighted by atomic mass is 127. The number of para-hydroxylation sites is 2. The molecule has 2 aromatic rings. The molecule has 0 amide bonds. The monoisotopic (exact) mass is 534 g/mol. The molecule has 1 atom stereocenters. The Morgan fingerprint density at radius 1 is 1.37 bits per heavy atom. The first-order chi connectivity index (χ1) is 14.0. The lowest BCUT2D eigenvalue weighted by molar-refractivity contribution is -0.0495. The average Bonchev–Trinajstić information content (AvgIpc) is 3.31. The van der Waals surface area contributed by atoms with Gasteiger partial charge in [0, 0.05) is 31.9 Å². The lowest BCUT2D eigenvalue weighted by atomic mass is 10.2. The Balaban J connectivity index is 0.00000320. The van der Waals surface area contributed by atoms with Crippen molar-refractivity contribution in [1.29, 1.82) is 0 Å². The van der Waals surface area contributed by atoms with Crippen molar-refractivity contribution in [1.82, 2.24) is 20.4 Å². The van der Waals surface area contributed by atoms with E-state index in [0.717, 1.165) is 31.0 Å². The molecule has 1 aliphatic heterocycles. The SMILES string of the molecule is CCNC(=NCCn1cc(C)cn1)NC1CCN(c2ccccc2OC(F)F)C1.I. The van der Waals surface area contributed by atoms with Gasteiger partial charge in [0.2, 0.25) is 0 Å². The molecule has 0 bridgehead atoms. The van der Waals surface area contributed by atoms with Crippen LogP contribution in [0.25, 0.3) is 0 Å². The van der Waals surface area contributed by atoms with Crippen molar-refractivity contribution in [2.45, 2.75) is 39.5 Å². The summed E-state index contributed by atoms with van der Waals surface area (Å²) >= 11 is 0. The smallest absolute Gasteiger partial charge is 0.387 e. The minimum atomic E-state index is -2.83. The third kappa shape index (κ3) is 6.99. The van der Waals surface area contributed by atoms with Crippen LogP contribution in [0.4, 0.5) is 14.5 Å². The predicted molar refractivity (Wildman–Crippen MR) is 125 cm³/mol. The predicted octanol–water partition coefficient (Wildman–Crippen LogP) is 3.24. The molecular formula is C20H29F2IN6O. The van der Waals surface area contributed by atoms with E-state index in [0.29, 0.717) is 25.3 Å². The first-order valence-corrected chi connectivity index (χ1v) is 9.88. The Bertz CT molecular complexity index is 816. The molecule has 1 unspecified atom stereocenters. The van der Waals surface area contributed by atoms with Crippen molar-refractivity contribution in [3.05, 3.63) is 42.2 Å². The number of rotatable bonds is 8. The van der Waals surface area contributed by atoms with Crippen molar-refractivity contribution >= 4 is 35.6 Å². The number of aliphatic imine (C=N–C) groups is 1. The van der Waals surface area contributed by atoms with Gasteiger partial charge in [0.25, 0.3) is 0 Å². The minimum absolute atomic E-state index is 0. The second kappa shape index (κ2) is 11.9. The van der Waals surface area contributed by atoms with E-state index in [1.165, 1.54) is 0 Å². The first-order valence-electron chi connectivity index (χ1n) is 9.88. The highest BCUT2D eigenvalue weighted by Crippen LogP contribution is 2.31. The number of nitrogens with zero attached hydrogens (tertiary/aromatic N) is 4. The molecule has 1 aromatic carbocycles. The molecule has 2 N–H and O–H groups in total. The molecule has 2 heterocycles. The molecule has 166 valence electrons. The van der Waals surface area contributed by atoms with Crippen LogP contribution in [0.3, 0.4) is 0 Å². The zero-order valence-corrected chi connectivity index (χ0v) is 19.6. The van der Waals surface area contributed by atoms with Crippen LogP contribution in [0.2, 0.25) is 0 Å².